The third-order valence-electron chi connectivity index (χ3n) is 4.16. The van der Waals surface area contributed by atoms with Crippen LogP contribution in [0.25, 0.3) is 0 Å². The largest absolute Gasteiger partial charge is 0.481 e. The lowest BCUT2D eigenvalue weighted by atomic mass is 9.96. The molecular weight excluding hydrogens is 363 g/mol. The van der Waals surface area contributed by atoms with Crippen molar-refractivity contribution in [1.82, 2.24) is 4.90 Å². The molecule has 10 heteroatoms. The molecule has 0 radical (unpaired) electrons. The summed E-state index contributed by atoms with van der Waals surface area (Å²) in [7, 11) is -3.58. The molecule has 0 saturated carbocycles. The Balaban J connectivity index is 2.30. The number of sulfone groups is 1. The summed E-state index contributed by atoms with van der Waals surface area (Å²) in [6.07, 6.45) is -4.74. The van der Waals surface area contributed by atoms with Crippen molar-refractivity contribution in [3.8, 4) is 0 Å². The maximum absolute atomic E-state index is 13.0. The van der Waals surface area contributed by atoms with Crippen LogP contribution in [-0.4, -0.2) is 55.3 Å². The normalized spacial score (nSPS) is 21.4. The second-order valence-electron chi connectivity index (χ2n) is 5.73. The van der Waals surface area contributed by atoms with Gasteiger partial charge in [0.25, 0.3) is 5.91 Å². The van der Waals surface area contributed by atoms with Gasteiger partial charge in [-0.2, -0.15) is 13.2 Å². The SMILES string of the molecule is CCS(=O)(=O)c1cccc(C(=O)N2C[C@@H](C(F)(F)F)[C@H](C(=O)O)C2)c1. The fourth-order valence-electron chi connectivity index (χ4n) is 2.72. The van der Waals surface area contributed by atoms with Crippen molar-refractivity contribution in [1.29, 1.82) is 0 Å². The smallest absolute Gasteiger partial charge is 0.394 e. The second-order valence-corrected chi connectivity index (χ2v) is 8.01. The van der Waals surface area contributed by atoms with Crippen LogP contribution in [0.1, 0.15) is 17.3 Å². The number of carbonyl (C=O) groups excluding carboxylic acids is 1. The van der Waals surface area contributed by atoms with Gasteiger partial charge in [-0.25, -0.2) is 8.42 Å². The number of carboxylic acid groups (broad SMARTS) is 1. The third-order valence-corrected chi connectivity index (χ3v) is 5.90. The van der Waals surface area contributed by atoms with Crippen LogP contribution in [-0.2, 0) is 14.6 Å². The minimum atomic E-state index is -4.74. The Hall–Kier alpha value is -2.10. The van der Waals surface area contributed by atoms with Gasteiger partial charge in [-0.15, -0.1) is 0 Å². The number of nitrogens with zero attached hydrogens (tertiary/aromatic N) is 1. The molecule has 0 unspecified atom stereocenters. The quantitative estimate of drug-likeness (QED) is 0.862. The average molecular weight is 379 g/mol. The van der Waals surface area contributed by atoms with Gasteiger partial charge < -0.3 is 10.0 Å². The zero-order chi connectivity index (χ0) is 19.0. The molecule has 25 heavy (non-hydrogen) atoms. The molecule has 1 aromatic rings. The van der Waals surface area contributed by atoms with Crippen LogP contribution in [0, 0.1) is 11.8 Å². The number of alkyl halides is 3. The van der Waals surface area contributed by atoms with Crippen LogP contribution in [0.3, 0.4) is 0 Å². The van der Waals surface area contributed by atoms with E-state index >= 15 is 0 Å². The molecular formula is C15H16F3NO5S. The molecule has 1 saturated heterocycles. The highest BCUT2D eigenvalue weighted by atomic mass is 32.2. The van der Waals surface area contributed by atoms with Crippen LogP contribution in [0.2, 0.25) is 0 Å². The van der Waals surface area contributed by atoms with E-state index in [0.29, 0.717) is 0 Å². The topological polar surface area (TPSA) is 91.8 Å². The van der Waals surface area contributed by atoms with Gasteiger partial charge >= 0.3 is 12.1 Å². The monoisotopic (exact) mass is 379 g/mol. The van der Waals surface area contributed by atoms with Crippen molar-refractivity contribution in [2.24, 2.45) is 11.8 Å². The summed E-state index contributed by atoms with van der Waals surface area (Å²) in [5.74, 6) is -6.54. The van der Waals surface area contributed by atoms with Crippen LogP contribution in [0.4, 0.5) is 13.2 Å². The first-order valence-electron chi connectivity index (χ1n) is 7.39. The molecule has 1 aliphatic heterocycles. The fraction of sp³-hybridized carbons (Fsp3) is 0.467. The molecule has 0 bridgehead atoms. The van der Waals surface area contributed by atoms with E-state index in [4.69, 9.17) is 5.11 Å². The van der Waals surface area contributed by atoms with Gasteiger partial charge in [0, 0.05) is 18.7 Å². The summed E-state index contributed by atoms with van der Waals surface area (Å²) in [6.45, 7) is 0.0723. The van der Waals surface area contributed by atoms with Crippen LogP contribution in [0.15, 0.2) is 29.2 Å². The lowest BCUT2D eigenvalue weighted by Gasteiger charge is -2.18. The number of hydrogen-bond donors (Lipinski definition) is 1. The van der Waals surface area contributed by atoms with E-state index in [-0.39, 0.29) is 16.2 Å². The Labute approximate surface area is 142 Å². The summed E-state index contributed by atoms with van der Waals surface area (Å²) >= 11 is 0. The summed E-state index contributed by atoms with van der Waals surface area (Å²) < 4.78 is 62.7. The van der Waals surface area contributed by atoms with Gasteiger partial charge in [0.2, 0.25) is 0 Å². The van der Waals surface area contributed by atoms with Crippen LogP contribution < -0.4 is 0 Å². The van der Waals surface area contributed by atoms with Crippen molar-refractivity contribution in [3.05, 3.63) is 29.8 Å². The third kappa shape index (κ3) is 3.94. The zero-order valence-electron chi connectivity index (χ0n) is 13.2. The lowest BCUT2D eigenvalue weighted by Crippen LogP contribution is -2.34. The maximum atomic E-state index is 13.0. The minimum Gasteiger partial charge on any atom is -0.481 e. The Morgan fingerprint density at radius 2 is 1.92 bits per heavy atom. The van der Waals surface area contributed by atoms with E-state index in [1.807, 2.05) is 0 Å². The molecule has 1 aromatic carbocycles. The molecule has 6 nitrogen and oxygen atoms in total. The Kier molecular flexibility index (Phi) is 5.12. The lowest BCUT2D eigenvalue weighted by molar-refractivity contribution is -0.187. The van der Waals surface area contributed by atoms with Crippen molar-refractivity contribution in [3.63, 3.8) is 0 Å². The first kappa shape index (κ1) is 19.2. The van der Waals surface area contributed by atoms with Gasteiger partial charge in [0.1, 0.15) is 0 Å². The number of aliphatic carboxylic acids is 1. The van der Waals surface area contributed by atoms with Crippen molar-refractivity contribution in [2.45, 2.75) is 18.0 Å². The molecule has 2 atom stereocenters. The predicted octanol–water partition coefficient (Wildman–Crippen LogP) is 1.82. The molecule has 1 heterocycles. The average Bonchev–Trinajstić information content (AvgIpc) is 3.00. The highest BCUT2D eigenvalue weighted by molar-refractivity contribution is 7.91. The fourth-order valence-corrected chi connectivity index (χ4v) is 3.65. The summed E-state index contributed by atoms with van der Waals surface area (Å²) in [4.78, 5) is 24.2. The summed E-state index contributed by atoms with van der Waals surface area (Å²) in [5.41, 5.74) is -0.0958. The van der Waals surface area contributed by atoms with E-state index in [2.05, 4.69) is 0 Å². The number of halogens is 3. The van der Waals surface area contributed by atoms with Gasteiger partial charge in [-0.1, -0.05) is 13.0 Å². The molecule has 2 rings (SSSR count). The van der Waals surface area contributed by atoms with Crippen LogP contribution >= 0.6 is 0 Å². The standard InChI is InChI=1S/C15H16F3NO5S/c1-2-25(23,24)10-5-3-4-9(6-10)13(20)19-7-11(14(21)22)12(8-19)15(16,17)18/h3-6,11-12H,2,7-8H2,1H3,(H,21,22)/t11-,12-/m1/s1. The zero-order valence-corrected chi connectivity index (χ0v) is 14.0. The minimum absolute atomic E-state index is 0.0958. The highest BCUT2D eigenvalue weighted by Gasteiger charge is 2.53. The Morgan fingerprint density at radius 3 is 2.40 bits per heavy atom. The number of likely N-dealkylation sites (tertiary alicyclic amines) is 1. The first-order chi connectivity index (χ1) is 11.5. The number of carboxylic acids is 1. The van der Waals surface area contributed by atoms with Gasteiger partial charge in [0.05, 0.1) is 22.5 Å². The molecule has 1 aliphatic rings. The van der Waals surface area contributed by atoms with E-state index in [0.717, 1.165) is 11.0 Å². The van der Waals surface area contributed by atoms with E-state index in [1.54, 1.807) is 0 Å². The van der Waals surface area contributed by atoms with Gasteiger partial charge in [-0.3, -0.25) is 9.59 Å². The first-order valence-corrected chi connectivity index (χ1v) is 9.04. The van der Waals surface area contributed by atoms with Crippen molar-refractivity contribution in [2.75, 3.05) is 18.8 Å². The molecule has 0 aromatic heterocycles. The van der Waals surface area contributed by atoms with Crippen molar-refractivity contribution < 1.29 is 36.3 Å². The number of rotatable bonds is 4. The molecule has 0 spiro atoms. The highest BCUT2D eigenvalue weighted by Crippen LogP contribution is 2.38. The number of amides is 1. The van der Waals surface area contributed by atoms with Crippen LogP contribution in [0.5, 0.6) is 0 Å². The summed E-state index contributed by atoms with van der Waals surface area (Å²) in [5, 5.41) is 8.98. The van der Waals surface area contributed by atoms with E-state index in [9.17, 15) is 31.2 Å². The van der Waals surface area contributed by atoms with Gasteiger partial charge in [0.15, 0.2) is 9.84 Å². The molecule has 1 fully saturated rings. The number of hydrogen-bond acceptors (Lipinski definition) is 4. The van der Waals surface area contributed by atoms with Crippen molar-refractivity contribution >= 4 is 21.7 Å². The molecule has 1 N–H and O–H groups in total. The maximum Gasteiger partial charge on any atom is 0.394 e. The molecule has 0 aliphatic carbocycles. The van der Waals surface area contributed by atoms with Gasteiger partial charge in [-0.05, 0) is 18.2 Å². The molecule has 138 valence electrons. The Bertz CT molecular complexity index is 791. The molecule has 1 amide bonds. The number of carbonyl (C=O) groups is 2. The Morgan fingerprint density at radius 1 is 1.28 bits per heavy atom. The summed E-state index contributed by atoms with van der Waals surface area (Å²) in [6, 6.07) is 4.99. The number of benzene rings is 1. The van der Waals surface area contributed by atoms with E-state index in [1.165, 1.54) is 25.1 Å². The van der Waals surface area contributed by atoms with E-state index < -0.39 is 52.8 Å². The predicted molar refractivity (Wildman–Crippen MR) is 80.7 cm³/mol. The second kappa shape index (κ2) is 6.66.